The van der Waals surface area contributed by atoms with E-state index in [4.69, 9.17) is 9.47 Å². The van der Waals surface area contributed by atoms with Crippen LogP contribution < -0.4 is 4.74 Å². The maximum absolute atomic E-state index is 11.0. The molecule has 0 spiro atoms. The molecular weight excluding hydrogens is 304 g/mol. The van der Waals surface area contributed by atoms with Gasteiger partial charge in [0.15, 0.2) is 0 Å². The number of carbonyl (C=O) groups is 2. The molecule has 0 N–H and O–H groups in total. The normalized spacial score (nSPS) is 9.04. The smallest absolute Gasteiger partial charge is 0.330 e. The Kier molecular flexibility index (Phi) is 8.32. The number of rotatable bonds is 6. The second-order valence-electron chi connectivity index (χ2n) is 4.66. The van der Waals surface area contributed by atoms with E-state index >= 15 is 0 Å². The molecule has 0 aliphatic carbocycles. The van der Waals surface area contributed by atoms with Crippen molar-refractivity contribution >= 4 is 12.4 Å². The zero-order valence-electron chi connectivity index (χ0n) is 13.6. The lowest BCUT2D eigenvalue weighted by Gasteiger charge is -2.06. The summed E-state index contributed by atoms with van der Waals surface area (Å²) in [6.45, 7) is 9.21. The van der Waals surface area contributed by atoms with Crippen molar-refractivity contribution in [1.29, 1.82) is 0 Å². The van der Waals surface area contributed by atoms with E-state index < -0.39 is 5.97 Å². The molecule has 0 aromatic heterocycles. The van der Waals surface area contributed by atoms with E-state index in [0.717, 1.165) is 22.8 Å². The van der Waals surface area contributed by atoms with Crippen molar-refractivity contribution in [2.75, 3.05) is 0 Å². The third kappa shape index (κ3) is 6.32. The zero-order chi connectivity index (χ0) is 17.8. The monoisotopic (exact) mass is 324 g/mol. The fourth-order valence-corrected chi connectivity index (χ4v) is 1.79. The van der Waals surface area contributed by atoms with E-state index in [0.29, 0.717) is 12.2 Å². The van der Waals surface area contributed by atoms with E-state index in [2.05, 4.69) is 13.2 Å². The summed E-state index contributed by atoms with van der Waals surface area (Å²) in [4.78, 5) is 21.2. The molecule has 0 atom stereocenters. The highest BCUT2D eigenvalue weighted by Crippen LogP contribution is 2.22. The Bertz CT molecular complexity index is 670. The zero-order valence-corrected chi connectivity index (χ0v) is 13.6. The van der Waals surface area contributed by atoms with E-state index in [1.54, 1.807) is 18.2 Å². The van der Waals surface area contributed by atoms with Gasteiger partial charge in [0.05, 0.1) is 0 Å². The van der Waals surface area contributed by atoms with Crippen LogP contribution >= 0.6 is 0 Å². The van der Waals surface area contributed by atoms with Gasteiger partial charge in [0.25, 0.3) is 6.47 Å². The highest BCUT2D eigenvalue weighted by Gasteiger charge is 2.01. The Morgan fingerprint density at radius 1 is 1.00 bits per heavy atom. The van der Waals surface area contributed by atoms with E-state index in [9.17, 15) is 9.59 Å². The Balaban J connectivity index is 0.000000891. The summed E-state index contributed by atoms with van der Waals surface area (Å²) in [7, 11) is 0. The van der Waals surface area contributed by atoms with Crippen LogP contribution in [0.2, 0.25) is 0 Å². The molecule has 0 aliphatic rings. The molecule has 0 heterocycles. The molecule has 4 nitrogen and oxygen atoms in total. The summed E-state index contributed by atoms with van der Waals surface area (Å²) in [6.07, 6.45) is 2.89. The highest BCUT2D eigenvalue weighted by atomic mass is 16.5. The predicted octanol–water partition coefficient (Wildman–Crippen LogP) is 4.31. The Morgan fingerprint density at radius 2 is 1.50 bits per heavy atom. The van der Waals surface area contributed by atoms with Crippen LogP contribution in [0, 0.1) is 0 Å². The molecule has 0 unspecified atom stereocenters. The highest BCUT2D eigenvalue weighted by molar-refractivity contribution is 5.81. The van der Waals surface area contributed by atoms with Gasteiger partial charge < -0.3 is 9.47 Å². The first-order valence-corrected chi connectivity index (χ1v) is 7.30. The number of hydrogen-bond acceptors (Lipinski definition) is 4. The summed E-state index contributed by atoms with van der Waals surface area (Å²) in [5.74, 6) is 0.0616. The average Bonchev–Trinajstić information content (AvgIpc) is 2.62. The third-order valence-electron chi connectivity index (χ3n) is 2.87. The van der Waals surface area contributed by atoms with Crippen molar-refractivity contribution < 1.29 is 19.1 Å². The Labute approximate surface area is 142 Å². The van der Waals surface area contributed by atoms with Gasteiger partial charge in [-0.1, -0.05) is 49.1 Å². The first-order chi connectivity index (χ1) is 11.6. The molecule has 0 aliphatic heterocycles. The second-order valence-corrected chi connectivity index (χ2v) is 4.66. The molecule has 2 aromatic carbocycles. The van der Waals surface area contributed by atoms with Gasteiger partial charge in [-0.05, 0) is 35.7 Å². The fraction of sp³-hybridized carbons (Fsp3) is 0.100. The third-order valence-corrected chi connectivity index (χ3v) is 2.87. The topological polar surface area (TPSA) is 52.6 Å². The van der Waals surface area contributed by atoms with Crippen molar-refractivity contribution in [2.24, 2.45) is 0 Å². The number of esters is 1. The number of hydrogen-bond donors (Lipinski definition) is 0. The number of benzene rings is 2. The van der Waals surface area contributed by atoms with Crippen LogP contribution in [0.25, 0.3) is 11.1 Å². The summed E-state index contributed by atoms with van der Waals surface area (Å²) in [5, 5.41) is 0. The number of carbonyl (C=O) groups excluding carboxylic acids is 2. The second kappa shape index (κ2) is 10.6. The minimum Gasteiger partial charge on any atom is -0.458 e. The molecule has 24 heavy (non-hydrogen) atoms. The van der Waals surface area contributed by atoms with Crippen LogP contribution in [0.5, 0.6) is 5.75 Å². The van der Waals surface area contributed by atoms with Gasteiger partial charge in [-0.25, -0.2) is 4.79 Å². The summed E-state index contributed by atoms with van der Waals surface area (Å²) in [5.41, 5.74) is 2.92. The van der Waals surface area contributed by atoms with E-state index in [1.807, 2.05) is 43.3 Å². The van der Waals surface area contributed by atoms with Gasteiger partial charge in [-0.2, -0.15) is 0 Å². The standard InChI is InChI=1S/C17H14O4.C3H6/c1-2-17(19)20-11-13-3-5-14(6-4-13)15-7-9-16(10-8-15)21-12-18;1-3-2/h2-10,12H,1,11H2;3H,1H2,2H3. The number of ether oxygens (including phenoxy) is 2. The average molecular weight is 324 g/mol. The Hall–Kier alpha value is -3.14. The quantitative estimate of drug-likeness (QED) is 0.344. The minimum atomic E-state index is -0.440. The molecule has 2 aromatic rings. The molecule has 0 fully saturated rings. The van der Waals surface area contributed by atoms with Gasteiger partial charge >= 0.3 is 5.97 Å². The molecule has 124 valence electrons. The lowest BCUT2D eigenvalue weighted by Crippen LogP contribution is -1.99. The van der Waals surface area contributed by atoms with Crippen molar-refractivity contribution in [1.82, 2.24) is 0 Å². The van der Waals surface area contributed by atoms with Crippen LogP contribution in [0.15, 0.2) is 73.8 Å². The molecule has 0 radical (unpaired) electrons. The van der Waals surface area contributed by atoms with Crippen LogP contribution in [-0.4, -0.2) is 12.4 Å². The number of allylic oxidation sites excluding steroid dienone is 1. The molecule has 0 saturated carbocycles. The predicted molar refractivity (Wildman–Crippen MR) is 94.4 cm³/mol. The van der Waals surface area contributed by atoms with Crippen molar-refractivity contribution in [3.8, 4) is 16.9 Å². The largest absolute Gasteiger partial charge is 0.458 e. The maximum Gasteiger partial charge on any atom is 0.330 e. The minimum absolute atomic E-state index is 0.219. The van der Waals surface area contributed by atoms with Gasteiger partial charge in [-0.15, -0.1) is 6.58 Å². The van der Waals surface area contributed by atoms with Crippen LogP contribution in [0.3, 0.4) is 0 Å². The van der Waals surface area contributed by atoms with Gasteiger partial charge in [0.2, 0.25) is 0 Å². The molecule has 0 amide bonds. The van der Waals surface area contributed by atoms with Gasteiger partial charge in [-0.3, -0.25) is 4.79 Å². The lowest BCUT2D eigenvalue weighted by molar-refractivity contribution is -0.139. The summed E-state index contributed by atoms with van der Waals surface area (Å²) in [6, 6.07) is 14.8. The molecule has 0 bridgehead atoms. The Morgan fingerprint density at radius 3 is 1.96 bits per heavy atom. The lowest BCUT2D eigenvalue weighted by atomic mass is 10.0. The van der Waals surface area contributed by atoms with E-state index in [1.165, 1.54) is 0 Å². The molecular formula is C20H20O4. The first kappa shape index (κ1) is 18.9. The molecule has 4 heteroatoms. The summed E-state index contributed by atoms with van der Waals surface area (Å²) >= 11 is 0. The van der Waals surface area contributed by atoms with Crippen molar-refractivity contribution in [2.45, 2.75) is 13.5 Å². The first-order valence-electron chi connectivity index (χ1n) is 7.30. The SMILES string of the molecule is C=CC.C=CC(=O)OCc1ccc(-c2ccc(OC=O)cc2)cc1. The van der Waals surface area contributed by atoms with Crippen LogP contribution in [-0.2, 0) is 20.9 Å². The summed E-state index contributed by atoms with van der Waals surface area (Å²) < 4.78 is 9.70. The molecule has 2 rings (SSSR count). The molecule has 0 saturated heterocycles. The van der Waals surface area contributed by atoms with Crippen molar-refractivity contribution in [3.63, 3.8) is 0 Å². The van der Waals surface area contributed by atoms with Gasteiger partial charge in [0.1, 0.15) is 12.4 Å². The van der Waals surface area contributed by atoms with Gasteiger partial charge in [0, 0.05) is 6.08 Å². The van der Waals surface area contributed by atoms with E-state index in [-0.39, 0.29) is 6.61 Å². The van der Waals surface area contributed by atoms with Crippen LogP contribution in [0.1, 0.15) is 12.5 Å². The van der Waals surface area contributed by atoms with Crippen molar-refractivity contribution in [3.05, 3.63) is 79.4 Å². The fourth-order valence-electron chi connectivity index (χ4n) is 1.79. The maximum atomic E-state index is 11.0. The van der Waals surface area contributed by atoms with Crippen LogP contribution in [0.4, 0.5) is 0 Å².